The summed E-state index contributed by atoms with van der Waals surface area (Å²) in [6.07, 6.45) is 0.251. The maximum atomic E-state index is 12.2. The molecule has 0 atom stereocenters. The SMILES string of the molecule is CC(C)Oc1ccc(C(=O)NNC(=O)Cc2cccc3ccccc23)cc1. The summed E-state index contributed by atoms with van der Waals surface area (Å²) < 4.78 is 5.55. The van der Waals surface area contributed by atoms with E-state index in [0.29, 0.717) is 11.3 Å². The third-order valence-corrected chi connectivity index (χ3v) is 4.03. The zero-order valence-electron chi connectivity index (χ0n) is 15.4. The van der Waals surface area contributed by atoms with Crippen molar-refractivity contribution < 1.29 is 14.3 Å². The standard InChI is InChI=1S/C22H22N2O3/c1-15(2)27-19-12-10-17(11-13-19)22(26)24-23-21(25)14-18-8-5-7-16-6-3-4-9-20(16)18/h3-13,15H,14H2,1-2H3,(H,23,25)(H,24,26). The van der Waals surface area contributed by atoms with Crippen molar-refractivity contribution in [1.29, 1.82) is 0 Å². The molecule has 0 saturated heterocycles. The van der Waals surface area contributed by atoms with Crippen LogP contribution in [-0.2, 0) is 11.2 Å². The fourth-order valence-electron chi connectivity index (χ4n) is 2.82. The molecule has 3 aromatic carbocycles. The van der Waals surface area contributed by atoms with E-state index >= 15 is 0 Å². The number of ether oxygens (including phenoxy) is 1. The minimum absolute atomic E-state index is 0.0676. The predicted molar refractivity (Wildman–Crippen MR) is 105 cm³/mol. The van der Waals surface area contributed by atoms with E-state index in [0.717, 1.165) is 16.3 Å². The van der Waals surface area contributed by atoms with Gasteiger partial charge in [0.1, 0.15) is 5.75 Å². The lowest BCUT2D eigenvalue weighted by Crippen LogP contribution is -2.42. The number of amides is 2. The molecule has 0 aliphatic heterocycles. The van der Waals surface area contributed by atoms with Gasteiger partial charge >= 0.3 is 0 Å². The van der Waals surface area contributed by atoms with Crippen LogP contribution in [0.1, 0.15) is 29.8 Å². The molecule has 5 heteroatoms. The van der Waals surface area contributed by atoms with Crippen molar-refractivity contribution in [3.8, 4) is 5.75 Å². The fraction of sp³-hybridized carbons (Fsp3) is 0.182. The zero-order valence-corrected chi connectivity index (χ0v) is 15.4. The smallest absolute Gasteiger partial charge is 0.269 e. The number of hydrogen-bond donors (Lipinski definition) is 2. The zero-order chi connectivity index (χ0) is 19.2. The topological polar surface area (TPSA) is 67.4 Å². The van der Waals surface area contributed by atoms with Gasteiger partial charge in [0.15, 0.2) is 0 Å². The number of carbonyl (C=O) groups is 2. The molecule has 0 unspecified atom stereocenters. The summed E-state index contributed by atoms with van der Waals surface area (Å²) in [4.78, 5) is 24.4. The average molecular weight is 362 g/mol. The maximum Gasteiger partial charge on any atom is 0.269 e. The molecule has 0 saturated carbocycles. The Bertz CT molecular complexity index is 944. The third-order valence-electron chi connectivity index (χ3n) is 4.03. The van der Waals surface area contributed by atoms with Gasteiger partial charge < -0.3 is 4.74 Å². The molecule has 0 aromatic heterocycles. The number of hydrazine groups is 1. The van der Waals surface area contributed by atoms with E-state index in [9.17, 15) is 9.59 Å². The Kier molecular flexibility index (Phi) is 5.71. The van der Waals surface area contributed by atoms with Crippen LogP contribution in [0.5, 0.6) is 5.75 Å². The summed E-state index contributed by atoms with van der Waals surface area (Å²) in [7, 11) is 0. The summed E-state index contributed by atoms with van der Waals surface area (Å²) in [5.41, 5.74) is 6.27. The van der Waals surface area contributed by atoms with E-state index in [1.54, 1.807) is 24.3 Å². The molecule has 0 heterocycles. The van der Waals surface area contributed by atoms with Crippen LogP contribution in [0.2, 0.25) is 0 Å². The van der Waals surface area contributed by atoms with Gasteiger partial charge in [0.25, 0.3) is 5.91 Å². The molecule has 0 fully saturated rings. The first-order chi connectivity index (χ1) is 13.0. The number of nitrogens with one attached hydrogen (secondary N) is 2. The lowest BCUT2D eigenvalue weighted by molar-refractivity contribution is -0.121. The molecule has 138 valence electrons. The van der Waals surface area contributed by atoms with Gasteiger partial charge in [-0.2, -0.15) is 0 Å². The lowest BCUT2D eigenvalue weighted by Gasteiger charge is -2.11. The van der Waals surface area contributed by atoms with Crippen LogP contribution < -0.4 is 15.6 Å². The van der Waals surface area contributed by atoms with Gasteiger partial charge in [0.2, 0.25) is 5.91 Å². The highest BCUT2D eigenvalue weighted by Crippen LogP contribution is 2.18. The highest BCUT2D eigenvalue weighted by atomic mass is 16.5. The first-order valence-electron chi connectivity index (χ1n) is 8.85. The Morgan fingerprint density at radius 1 is 0.889 bits per heavy atom. The summed E-state index contributed by atoms with van der Waals surface area (Å²) in [6.45, 7) is 3.87. The number of hydrogen-bond acceptors (Lipinski definition) is 3. The maximum absolute atomic E-state index is 12.2. The first-order valence-corrected chi connectivity index (χ1v) is 8.85. The predicted octanol–water partition coefficient (Wildman–Crippen LogP) is 3.63. The monoisotopic (exact) mass is 362 g/mol. The van der Waals surface area contributed by atoms with Crippen LogP contribution in [0.4, 0.5) is 0 Å². The minimum Gasteiger partial charge on any atom is -0.491 e. The third kappa shape index (κ3) is 4.85. The van der Waals surface area contributed by atoms with Crippen LogP contribution in [-0.4, -0.2) is 17.9 Å². The molecule has 2 N–H and O–H groups in total. The van der Waals surface area contributed by atoms with Crippen molar-refractivity contribution in [2.24, 2.45) is 0 Å². The van der Waals surface area contributed by atoms with Gasteiger partial charge in [0, 0.05) is 5.56 Å². The van der Waals surface area contributed by atoms with Crippen molar-refractivity contribution in [3.63, 3.8) is 0 Å². The summed E-state index contributed by atoms with van der Waals surface area (Å²) >= 11 is 0. The Labute approximate surface area is 158 Å². The second-order valence-electron chi connectivity index (χ2n) is 6.51. The largest absolute Gasteiger partial charge is 0.491 e. The van der Waals surface area contributed by atoms with Crippen molar-refractivity contribution in [2.45, 2.75) is 26.4 Å². The van der Waals surface area contributed by atoms with E-state index in [1.807, 2.05) is 56.3 Å². The van der Waals surface area contributed by atoms with Crippen LogP contribution in [0.15, 0.2) is 66.7 Å². The Morgan fingerprint density at radius 3 is 2.33 bits per heavy atom. The summed E-state index contributed by atoms with van der Waals surface area (Å²) in [6, 6.07) is 20.5. The van der Waals surface area contributed by atoms with Crippen molar-refractivity contribution >= 4 is 22.6 Å². The molecule has 27 heavy (non-hydrogen) atoms. The Balaban J connectivity index is 1.57. The molecule has 3 rings (SSSR count). The number of rotatable bonds is 5. The van der Waals surface area contributed by atoms with E-state index in [-0.39, 0.29) is 24.3 Å². The van der Waals surface area contributed by atoms with E-state index in [1.165, 1.54) is 0 Å². The van der Waals surface area contributed by atoms with E-state index < -0.39 is 0 Å². The molecule has 0 aliphatic carbocycles. The van der Waals surface area contributed by atoms with E-state index in [2.05, 4.69) is 10.9 Å². The Morgan fingerprint density at radius 2 is 1.59 bits per heavy atom. The molecule has 0 bridgehead atoms. The van der Waals surface area contributed by atoms with Crippen molar-refractivity contribution in [2.75, 3.05) is 0 Å². The van der Waals surface area contributed by atoms with Crippen LogP contribution in [0.3, 0.4) is 0 Å². The minimum atomic E-state index is -0.377. The summed E-state index contributed by atoms with van der Waals surface area (Å²) in [5, 5.41) is 2.11. The summed E-state index contributed by atoms with van der Waals surface area (Å²) in [5.74, 6) is 0.0402. The molecule has 0 spiro atoms. The normalized spacial score (nSPS) is 10.6. The molecule has 0 aliphatic rings. The van der Waals surface area contributed by atoms with Gasteiger partial charge in [-0.1, -0.05) is 42.5 Å². The van der Waals surface area contributed by atoms with Crippen molar-refractivity contribution in [3.05, 3.63) is 77.9 Å². The fourth-order valence-corrected chi connectivity index (χ4v) is 2.82. The van der Waals surface area contributed by atoms with Gasteiger partial charge in [-0.3, -0.25) is 20.4 Å². The molecule has 5 nitrogen and oxygen atoms in total. The molecule has 2 amide bonds. The average Bonchev–Trinajstić information content (AvgIpc) is 2.66. The molecule has 3 aromatic rings. The molecule has 0 radical (unpaired) electrons. The molecular weight excluding hydrogens is 340 g/mol. The van der Waals surface area contributed by atoms with Gasteiger partial charge in [-0.15, -0.1) is 0 Å². The highest BCUT2D eigenvalue weighted by molar-refractivity contribution is 5.96. The highest BCUT2D eigenvalue weighted by Gasteiger charge is 2.10. The van der Waals surface area contributed by atoms with Crippen LogP contribution >= 0.6 is 0 Å². The van der Waals surface area contributed by atoms with Gasteiger partial charge in [0.05, 0.1) is 12.5 Å². The second-order valence-corrected chi connectivity index (χ2v) is 6.51. The second kappa shape index (κ2) is 8.36. The Hall–Kier alpha value is -3.34. The van der Waals surface area contributed by atoms with E-state index in [4.69, 9.17) is 4.74 Å². The number of carbonyl (C=O) groups excluding carboxylic acids is 2. The van der Waals surface area contributed by atoms with Crippen molar-refractivity contribution in [1.82, 2.24) is 10.9 Å². The number of benzene rings is 3. The molecular formula is C22H22N2O3. The van der Waals surface area contributed by atoms with Gasteiger partial charge in [-0.25, -0.2) is 0 Å². The number of fused-ring (bicyclic) bond motifs is 1. The lowest BCUT2D eigenvalue weighted by atomic mass is 10.0. The van der Waals surface area contributed by atoms with Gasteiger partial charge in [-0.05, 0) is 54.4 Å². The first kappa shape index (κ1) is 18.5. The quantitative estimate of drug-likeness (QED) is 0.681. The van der Waals surface area contributed by atoms with Crippen LogP contribution in [0, 0.1) is 0 Å². The van der Waals surface area contributed by atoms with Crippen LogP contribution in [0.25, 0.3) is 10.8 Å².